The van der Waals surface area contributed by atoms with Crippen LogP contribution < -0.4 is 5.32 Å². The molecule has 0 fully saturated rings. The SMILES string of the molecule is CCOC(C)CNc1ccccc1C(F)(F)F. The molecular weight excluding hydrogens is 231 g/mol. The molecule has 1 rings (SSSR count). The van der Waals surface area contributed by atoms with Crippen molar-refractivity contribution in [2.75, 3.05) is 18.5 Å². The van der Waals surface area contributed by atoms with Crippen molar-refractivity contribution in [3.8, 4) is 0 Å². The highest BCUT2D eigenvalue weighted by Gasteiger charge is 2.33. The van der Waals surface area contributed by atoms with Crippen molar-refractivity contribution in [3.63, 3.8) is 0 Å². The van der Waals surface area contributed by atoms with E-state index in [9.17, 15) is 13.2 Å². The quantitative estimate of drug-likeness (QED) is 0.859. The summed E-state index contributed by atoms with van der Waals surface area (Å²) in [5.41, 5.74) is -0.560. The Morgan fingerprint density at radius 1 is 1.29 bits per heavy atom. The lowest BCUT2D eigenvalue weighted by Gasteiger charge is -2.17. The van der Waals surface area contributed by atoms with Gasteiger partial charge in [0, 0.05) is 18.8 Å². The van der Waals surface area contributed by atoms with Crippen molar-refractivity contribution in [1.82, 2.24) is 0 Å². The summed E-state index contributed by atoms with van der Waals surface area (Å²) in [6, 6.07) is 5.43. The van der Waals surface area contributed by atoms with Crippen LogP contribution in [0.15, 0.2) is 24.3 Å². The first-order chi connectivity index (χ1) is 7.95. The molecule has 5 heteroatoms. The molecular formula is C12H16F3NO. The molecule has 1 aromatic rings. The van der Waals surface area contributed by atoms with Crippen LogP contribution in [0.4, 0.5) is 18.9 Å². The van der Waals surface area contributed by atoms with Crippen LogP contribution >= 0.6 is 0 Å². The van der Waals surface area contributed by atoms with Gasteiger partial charge in [0.05, 0.1) is 11.7 Å². The van der Waals surface area contributed by atoms with E-state index < -0.39 is 11.7 Å². The molecule has 0 aromatic heterocycles. The van der Waals surface area contributed by atoms with Crippen LogP contribution in [0.1, 0.15) is 19.4 Å². The maximum Gasteiger partial charge on any atom is 0.418 e. The molecule has 17 heavy (non-hydrogen) atoms. The van der Waals surface area contributed by atoms with Gasteiger partial charge in [-0.05, 0) is 26.0 Å². The Kier molecular flexibility index (Phi) is 4.81. The molecule has 0 radical (unpaired) electrons. The molecule has 0 heterocycles. The summed E-state index contributed by atoms with van der Waals surface area (Å²) in [5, 5.41) is 2.76. The molecule has 0 saturated heterocycles. The summed E-state index contributed by atoms with van der Waals surface area (Å²) in [4.78, 5) is 0. The number of halogens is 3. The van der Waals surface area contributed by atoms with E-state index >= 15 is 0 Å². The van der Waals surface area contributed by atoms with Crippen LogP contribution in [0.5, 0.6) is 0 Å². The Bertz CT molecular complexity index is 352. The highest BCUT2D eigenvalue weighted by atomic mass is 19.4. The maximum absolute atomic E-state index is 12.6. The Labute approximate surface area is 98.8 Å². The Morgan fingerprint density at radius 3 is 2.53 bits per heavy atom. The van der Waals surface area contributed by atoms with Gasteiger partial charge in [0.15, 0.2) is 0 Å². The van der Waals surface area contributed by atoms with E-state index in [0.29, 0.717) is 13.2 Å². The first-order valence-electron chi connectivity index (χ1n) is 5.46. The largest absolute Gasteiger partial charge is 0.418 e. The molecule has 0 aliphatic heterocycles. The lowest BCUT2D eigenvalue weighted by Crippen LogP contribution is -2.21. The van der Waals surface area contributed by atoms with Crippen LogP contribution in [-0.2, 0) is 10.9 Å². The monoisotopic (exact) mass is 247 g/mol. The molecule has 0 aliphatic carbocycles. The Balaban J connectivity index is 2.71. The molecule has 0 aliphatic rings. The first kappa shape index (κ1) is 13.8. The summed E-state index contributed by atoms with van der Waals surface area (Å²) in [5.74, 6) is 0. The number of para-hydroxylation sites is 1. The number of benzene rings is 1. The normalized spacial score (nSPS) is 13.5. The van der Waals surface area contributed by atoms with Gasteiger partial charge in [-0.25, -0.2) is 0 Å². The van der Waals surface area contributed by atoms with Crippen molar-refractivity contribution < 1.29 is 17.9 Å². The van der Waals surface area contributed by atoms with Crippen molar-refractivity contribution in [2.45, 2.75) is 26.1 Å². The lowest BCUT2D eigenvalue weighted by atomic mass is 10.1. The number of nitrogens with one attached hydrogen (secondary N) is 1. The average Bonchev–Trinajstić information content (AvgIpc) is 2.26. The number of hydrogen-bond acceptors (Lipinski definition) is 2. The topological polar surface area (TPSA) is 21.3 Å². The van der Waals surface area contributed by atoms with Crippen molar-refractivity contribution in [2.24, 2.45) is 0 Å². The number of alkyl halides is 3. The summed E-state index contributed by atoms with van der Waals surface area (Å²) in [6.45, 7) is 4.55. The van der Waals surface area contributed by atoms with Crippen molar-refractivity contribution in [1.29, 1.82) is 0 Å². The van der Waals surface area contributed by atoms with Gasteiger partial charge in [-0.3, -0.25) is 0 Å². The summed E-state index contributed by atoms with van der Waals surface area (Å²) < 4.78 is 43.2. The van der Waals surface area contributed by atoms with E-state index in [4.69, 9.17) is 4.74 Å². The molecule has 0 spiro atoms. The van der Waals surface area contributed by atoms with E-state index in [1.165, 1.54) is 12.1 Å². The first-order valence-corrected chi connectivity index (χ1v) is 5.46. The minimum absolute atomic E-state index is 0.0894. The molecule has 96 valence electrons. The molecule has 1 aromatic carbocycles. The van der Waals surface area contributed by atoms with Crippen LogP contribution in [-0.4, -0.2) is 19.3 Å². The van der Waals surface area contributed by atoms with Gasteiger partial charge in [-0.2, -0.15) is 13.2 Å². The van der Waals surface area contributed by atoms with Gasteiger partial charge in [0.2, 0.25) is 0 Å². The average molecular weight is 247 g/mol. The predicted octanol–water partition coefficient (Wildman–Crippen LogP) is 3.54. The lowest BCUT2D eigenvalue weighted by molar-refractivity contribution is -0.137. The zero-order valence-corrected chi connectivity index (χ0v) is 9.84. The van der Waals surface area contributed by atoms with E-state index in [2.05, 4.69) is 5.32 Å². The fourth-order valence-electron chi connectivity index (χ4n) is 1.48. The molecule has 1 atom stereocenters. The second-order valence-electron chi connectivity index (χ2n) is 3.69. The van der Waals surface area contributed by atoms with E-state index in [1.807, 2.05) is 13.8 Å². The van der Waals surface area contributed by atoms with Crippen molar-refractivity contribution in [3.05, 3.63) is 29.8 Å². The standard InChI is InChI=1S/C12H16F3NO/c1-3-17-9(2)8-16-11-7-5-4-6-10(11)12(13,14)15/h4-7,9,16H,3,8H2,1-2H3. The molecule has 1 unspecified atom stereocenters. The summed E-state index contributed by atoms with van der Waals surface area (Å²) >= 11 is 0. The Morgan fingerprint density at radius 2 is 1.94 bits per heavy atom. The predicted molar refractivity (Wildman–Crippen MR) is 61.0 cm³/mol. The third kappa shape index (κ3) is 4.26. The second-order valence-corrected chi connectivity index (χ2v) is 3.69. The van der Waals surface area contributed by atoms with Crippen LogP contribution in [0.3, 0.4) is 0 Å². The number of ether oxygens (including phenoxy) is 1. The molecule has 0 amide bonds. The third-order valence-electron chi connectivity index (χ3n) is 2.26. The van der Waals surface area contributed by atoms with Crippen LogP contribution in [0, 0.1) is 0 Å². The number of rotatable bonds is 5. The van der Waals surface area contributed by atoms with Crippen molar-refractivity contribution >= 4 is 5.69 Å². The zero-order chi connectivity index (χ0) is 12.9. The maximum atomic E-state index is 12.6. The smallest absolute Gasteiger partial charge is 0.382 e. The summed E-state index contributed by atoms with van der Waals surface area (Å²) in [6.07, 6.45) is -4.46. The molecule has 2 nitrogen and oxygen atoms in total. The Hall–Kier alpha value is -1.23. The van der Waals surface area contributed by atoms with E-state index in [1.54, 1.807) is 6.07 Å². The van der Waals surface area contributed by atoms with E-state index in [-0.39, 0.29) is 11.8 Å². The summed E-state index contributed by atoms with van der Waals surface area (Å²) in [7, 11) is 0. The van der Waals surface area contributed by atoms with Gasteiger partial charge < -0.3 is 10.1 Å². The van der Waals surface area contributed by atoms with Gasteiger partial charge >= 0.3 is 6.18 Å². The number of anilines is 1. The molecule has 1 N–H and O–H groups in total. The van der Waals surface area contributed by atoms with Gasteiger partial charge in [-0.1, -0.05) is 12.1 Å². The second kappa shape index (κ2) is 5.91. The van der Waals surface area contributed by atoms with Crippen LogP contribution in [0.2, 0.25) is 0 Å². The zero-order valence-electron chi connectivity index (χ0n) is 9.84. The molecule has 0 saturated carbocycles. The third-order valence-corrected chi connectivity index (χ3v) is 2.26. The highest BCUT2D eigenvalue weighted by molar-refractivity contribution is 5.52. The van der Waals surface area contributed by atoms with Gasteiger partial charge in [0.1, 0.15) is 0 Å². The van der Waals surface area contributed by atoms with Crippen LogP contribution in [0.25, 0.3) is 0 Å². The fraction of sp³-hybridized carbons (Fsp3) is 0.500. The van der Waals surface area contributed by atoms with Gasteiger partial charge in [0.25, 0.3) is 0 Å². The minimum Gasteiger partial charge on any atom is -0.382 e. The number of hydrogen-bond donors (Lipinski definition) is 1. The van der Waals surface area contributed by atoms with Gasteiger partial charge in [-0.15, -0.1) is 0 Å². The highest BCUT2D eigenvalue weighted by Crippen LogP contribution is 2.34. The fourth-order valence-corrected chi connectivity index (χ4v) is 1.48. The minimum atomic E-state index is -4.33. The van der Waals surface area contributed by atoms with E-state index in [0.717, 1.165) is 6.07 Å². The molecule has 0 bridgehead atoms.